The second-order valence-electron chi connectivity index (χ2n) is 4.57. The molecule has 1 amide bonds. The summed E-state index contributed by atoms with van der Waals surface area (Å²) in [6, 6.07) is 0. The first-order valence-electron chi connectivity index (χ1n) is 5.55. The van der Waals surface area contributed by atoms with Crippen molar-refractivity contribution in [3.05, 3.63) is 11.1 Å². The lowest BCUT2D eigenvalue weighted by atomic mass is 9.82. The number of aryl methyl sites for hydroxylation is 1. The van der Waals surface area contributed by atoms with Crippen LogP contribution in [0.15, 0.2) is 6.20 Å². The van der Waals surface area contributed by atoms with E-state index in [1.54, 1.807) is 6.20 Å². The Hall–Kier alpha value is -0.650. The van der Waals surface area contributed by atoms with Gasteiger partial charge in [0.2, 0.25) is 5.91 Å². The van der Waals surface area contributed by atoms with E-state index in [2.05, 4.69) is 15.6 Å². The van der Waals surface area contributed by atoms with Gasteiger partial charge in [-0.3, -0.25) is 4.79 Å². The van der Waals surface area contributed by atoms with Gasteiger partial charge in [0, 0.05) is 17.6 Å². The van der Waals surface area contributed by atoms with Gasteiger partial charge in [-0.25, -0.2) is 4.98 Å². The lowest BCUT2D eigenvalue weighted by molar-refractivity contribution is -0.125. The summed E-state index contributed by atoms with van der Waals surface area (Å²) in [7, 11) is 0. The van der Waals surface area contributed by atoms with Crippen LogP contribution >= 0.6 is 23.7 Å². The van der Waals surface area contributed by atoms with Crippen LogP contribution in [0.4, 0.5) is 5.13 Å². The van der Waals surface area contributed by atoms with Gasteiger partial charge < -0.3 is 10.6 Å². The van der Waals surface area contributed by atoms with Gasteiger partial charge in [0.15, 0.2) is 5.13 Å². The molecule has 1 aromatic heterocycles. The summed E-state index contributed by atoms with van der Waals surface area (Å²) in [5.41, 5.74) is -0.294. The zero-order valence-electron chi connectivity index (χ0n) is 10.1. The molecule has 0 spiro atoms. The number of carbonyl (C=O) groups excluding carboxylic acids is 1. The number of amides is 1. The highest BCUT2D eigenvalue weighted by Crippen LogP contribution is 2.28. The van der Waals surface area contributed by atoms with Gasteiger partial charge in [0.1, 0.15) is 0 Å². The van der Waals surface area contributed by atoms with Gasteiger partial charge >= 0.3 is 0 Å². The average molecular weight is 276 g/mol. The highest BCUT2D eigenvalue weighted by Gasteiger charge is 2.34. The van der Waals surface area contributed by atoms with Gasteiger partial charge in [-0.1, -0.05) is 0 Å². The van der Waals surface area contributed by atoms with Gasteiger partial charge in [0.25, 0.3) is 0 Å². The van der Waals surface area contributed by atoms with Crippen LogP contribution in [-0.4, -0.2) is 24.0 Å². The zero-order valence-corrected chi connectivity index (χ0v) is 11.7. The lowest BCUT2D eigenvalue weighted by Gasteiger charge is -2.32. The molecule has 17 heavy (non-hydrogen) atoms. The van der Waals surface area contributed by atoms with Crippen molar-refractivity contribution in [1.29, 1.82) is 0 Å². The summed E-state index contributed by atoms with van der Waals surface area (Å²) in [4.78, 5) is 17.4. The van der Waals surface area contributed by atoms with E-state index >= 15 is 0 Å². The van der Waals surface area contributed by atoms with Crippen LogP contribution in [-0.2, 0) is 4.79 Å². The third-order valence-electron chi connectivity index (χ3n) is 2.99. The van der Waals surface area contributed by atoms with Crippen molar-refractivity contribution in [2.24, 2.45) is 5.41 Å². The predicted molar refractivity (Wildman–Crippen MR) is 72.9 cm³/mol. The Labute approximate surface area is 112 Å². The van der Waals surface area contributed by atoms with Gasteiger partial charge in [-0.05, 0) is 33.2 Å². The molecule has 4 nitrogen and oxygen atoms in total. The number of aromatic nitrogens is 1. The molecule has 0 aromatic carbocycles. The quantitative estimate of drug-likeness (QED) is 0.870. The van der Waals surface area contributed by atoms with Crippen LogP contribution in [0.1, 0.15) is 24.6 Å². The molecule has 96 valence electrons. The molecular weight excluding hydrogens is 258 g/mol. The number of anilines is 1. The number of piperidine rings is 1. The van der Waals surface area contributed by atoms with Crippen molar-refractivity contribution in [2.75, 3.05) is 18.4 Å². The van der Waals surface area contributed by atoms with E-state index in [1.165, 1.54) is 11.3 Å². The maximum atomic E-state index is 12.1. The molecule has 1 aromatic rings. The Morgan fingerprint density at radius 1 is 1.65 bits per heavy atom. The molecular formula is C11H18ClN3OS. The van der Waals surface area contributed by atoms with E-state index in [9.17, 15) is 4.79 Å². The number of nitrogens with one attached hydrogen (secondary N) is 2. The van der Waals surface area contributed by atoms with Crippen LogP contribution in [0.2, 0.25) is 0 Å². The highest BCUT2D eigenvalue weighted by molar-refractivity contribution is 7.15. The Bertz CT molecular complexity index is 388. The standard InChI is InChI=1S/C11H17N3OS.ClH/c1-8-6-13-10(16-8)14-9(15)11(2)4-3-5-12-7-11;/h6,12H,3-5,7H2,1-2H3,(H,13,14,15);1H. The van der Waals surface area contributed by atoms with Crippen molar-refractivity contribution in [2.45, 2.75) is 26.7 Å². The van der Waals surface area contributed by atoms with Crippen LogP contribution in [0.5, 0.6) is 0 Å². The molecule has 1 atom stereocenters. The molecule has 6 heteroatoms. The molecule has 1 fully saturated rings. The van der Waals surface area contributed by atoms with Gasteiger partial charge in [-0.15, -0.1) is 23.7 Å². The monoisotopic (exact) mass is 275 g/mol. The van der Waals surface area contributed by atoms with E-state index in [1.807, 2.05) is 13.8 Å². The minimum absolute atomic E-state index is 0. The minimum Gasteiger partial charge on any atom is -0.316 e. The van der Waals surface area contributed by atoms with E-state index < -0.39 is 0 Å². The maximum absolute atomic E-state index is 12.1. The van der Waals surface area contributed by atoms with Crippen molar-refractivity contribution in [3.8, 4) is 0 Å². The highest BCUT2D eigenvalue weighted by atomic mass is 35.5. The third-order valence-corrected chi connectivity index (χ3v) is 3.82. The summed E-state index contributed by atoms with van der Waals surface area (Å²) >= 11 is 1.52. The number of nitrogens with zero attached hydrogens (tertiary/aromatic N) is 1. The molecule has 2 N–H and O–H groups in total. The van der Waals surface area contributed by atoms with Crippen LogP contribution in [0.25, 0.3) is 0 Å². The summed E-state index contributed by atoms with van der Waals surface area (Å²) in [5.74, 6) is 0.0778. The van der Waals surface area contributed by atoms with Gasteiger partial charge in [0.05, 0.1) is 5.41 Å². The molecule has 1 saturated heterocycles. The Morgan fingerprint density at radius 2 is 2.41 bits per heavy atom. The smallest absolute Gasteiger partial charge is 0.233 e. The number of carbonyl (C=O) groups is 1. The number of hydrogen-bond acceptors (Lipinski definition) is 4. The number of halogens is 1. The fourth-order valence-electron chi connectivity index (χ4n) is 1.91. The number of hydrogen-bond donors (Lipinski definition) is 2. The SMILES string of the molecule is Cc1cnc(NC(=O)C2(C)CCCNC2)s1.Cl. The minimum atomic E-state index is -0.294. The molecule has 0 saturated carbocycles. The fraction of sp³-hybridized carbons (Fsp3) is 0.636. The largest absolute Gasteiger partial charge is 0.316 e. The molecule has 0 aliphatic carbocycles. The summed E-state index contributed by atoms with van der Waals surface area (Å²) in [6.07, 6.45) is 3.78. The maximum Gasteiger partial charge on any atom is 0.233 e. The first kappa shape index (κ1) is 14.4. The molecule has 1 aliphatic rings. The molecule has 2 heterocycles. The third kappa shape index (κ3) is 3.40. The van der Waals surface area contributed by atoms with E-state index in [0.717, 1.165) is 30.8 Å². The fourth-order valence-corrected chi connectivity index (χ4v) is 2.57. The van der Waals surface area contributed by atoms with Crippen molar-refractivity contribution >= 4 is 34.8 Å². The van der Waals surface area contributed by atoms with E-state index in [4.69, 9.17) is 0 Å². The van der Waals surface area contributed by atoms with Crippen molar-refractivity contribution < 1.29 is 4.79 Å². The Morgan fingerprint density at radius 3 is 2.94 bits per heavy atom. The van der Waals surface area contributed by atoms with E-state index in [-0.39, 0.29) is 23.7 Å². The Kier molecular flexibility index (Phi) is 4.91. The first-order chi connectivity index (χ1) is 7.60. The van der Waals surface area contributed by atoms with Crippen molar-refractivity contribution in [1.82, 2.24) is 10.3 Å². The average Bonchev–Trinajstić information content (AvgIpc) is 2.65. The predicted octanol–water partition coefficient (Wildman–Crippen LogP) is 2.20. The number of thiazole rings is 1. The van der Waals surface area contributed by atoms with Gasteiger partial charge in [-0.2, -0.15) is 0 Å². The number of rotatable bonds is 2. The molecule has 1 unspecified atom stereocenters. The van der Waals surface area contributed by atoms with Crippen molar-refractivity contribution in [3.63, 3.8) is 0 Å². The van der Waals surface area contributed by atoms with Crippen LogP contribution in [0, 0.1) is 12.3 Å². The second-order valence-corrected chi connectivity index (χ2v) is 5.81. The summed E-state index contributed by atoms with van der Waals surface area (Å²) in [5, 5.41) is 6.87. The molecule has 2 rings (SSSR count). The topological polar surface area (TPSA) is 54.0 Å². The molecule has 1 aliphatic heterocycles. The normalized spacial score (nSPS) is 23.9. The summed E-state index contributed by atoms with van der Waals surface area (Å²) < 4.78 is 0. The zero-order chi connectivity index (χ0) is 11.6. The van der Waals surface area contributed by atoms with Crippen LogP contribution < -0.4 is 10.6 Å². The van der Waals surface area contributed by atoms with Crippen LogP contribution in [0.3, 0.4) is 0 Å². The molecule has 0 bridgehead atoms. The Balaban J connectivity index is 0.00000144. The lowest BCUT2D eigenvalue weighted by Crippen LogP contribution is -2.46. The summed E-state index contributed by atoms with van der Waals surface area (Å²) in [6.45, 7) is 5.76. The second kappa shape index (κ2) is 5.80. The molecule has 0 radical (unpaired) electrons. The van der Waals surface area contributed by atoms with E-state index in [0.29, 0.717) is 5.13 Å². The first-order valence-corrected chi connectivity index (χ1v) is 6.36.